The van der Waals surface area contributed by atoms with Crippen LogP contribution in [-0.2, 0) is 23.9 Å². The lowest BCUT2D eigenvalue weighted by molar-refractivity contribution is -0.163. The predicted octanol–water partition coefficient (Wildman–Crippen LogP) is -1.84. The minimum absolute atomic E-state index is 0.0479. The summed E-state index contributed by atoms with van der Waals surface area (Å²) in [6, 6.07) is -1.14. The zero-order chi connectivity index (χ0) is 15.6. The van der Waals surface area contributed by atoms with Crippen molar-refractivity contribution in [3.8, 4) is 0 Å². The average molecular weight is 297 g/mol. The van der Waals surface area contributed by atoms with Crippen LogP contribution in [0.1, 0.15) is 13.3 Å². The largest absolute Gasteiger partial charge is 0.479 e. The quantitative estimate of drug-likeness (QED) is 0.512. The van der Waals surface area contributed by atoms with Crippen molar-refractivity contribution in [2.45, 2.75) is 25.6 Å². The van der Waals surface area contributed by atoms with Gasteiger partial charge in [-0.25, -0.2) is 4.79 Å². The van der Waals surface area contributed by atoms with E-state index in [0.29, 0.717) is 0 Å². The lowest BCUT2D eigenvalue weighted by atomic mass is 10.1. The highest BCUT2D eigenvalue weighted by atomic mass is 16.5. The molecule has 2 aliphatic heterocycles. The van der Waals surface area contributed by atoms with Crippen LogP contribution in [0.4, 0.5) is 0 Å². The van der Waals surface area contributed by atoms with E-state index in [4.69, 9.17) is 9.84 Å². The average Bonchev–Trinajstić information content (AvgIpc) is 2.69. The number of ether oxygens (including phenoxy) is 1. The molecular formula is C12H15N3O6. The molecule has 2 atom stereocenters. The van der Waals surface area contributed by atoms with Gasteiger partial charge in [-0.3, -0.25) is 19.3 Å². The maximum absolute atomic E-state index is 11.4. The number of hydrogen-bond acceptors (Lipinski definition) is 5. The third kappa shape index (κ3) is 3.12. The Balaban J connectivity index is 1.89. The normalized spacial score (nSPS) is 24.9. The number of rotatable bonds is 5. The predicted molar refractivity (Wildman–Crippen MR) is 67.5 cm³/mol. The first-order valence-electron chi connectivity index (χ1n) is 6.32. The maximum Gasteiger partial charge on any atom is 0.334 e. The third-order valence-electron chi connectivity index (χ3n) is 3.10. The second-order valence-corrected chi connectivity index (χ2v) is 4.64. The summed E-state index contributed by atoms with van der Waals surface area (Å²) >= 11 is 0. The van der Waals surface area contributed by atoms with Crippen LogP contribution in [0.2, 0.25) is 0 Å². The minimum Gasteiger partial charge on any atom is -0.479 e. The summed E-state index contributed by atoms with van der Waals surface area (Å²) in [4.78, 5) is 45.7. The number of β-lactam (4-membered cyclic amide) rings is 1. The Hall–Kier alpha value is -2.58. The van der Waals surface area contributed by atoms with E-state index in [2.05, 4.69) is 10.6 Å². The Morgan fingerprint density at radius 3 is 2.71 bits per heavy atom. The van der Waals surface area contributed by atoms with Crippen LogP contribution in [0.25, 0.3) is 0 Å². The lowest BCUT2D eigenvalue weighted by Gasteiger charge is -2.33. The molecule has 21 heavy (non-hydrogen) atoms. The van der Waals surface area contributed by atoms with Gasteiger partial charge in [-0.05, 0) is 6.08 Å². The molecule has 2 heterocycles. The Labute approximate surface area is 119 Å². The third-order valence-corrected chi connectivity index (χ3v) is 3.10. The smallest absolute Gasteiger partial charge is 0.334 e. The fourth-order valence-electron chi connectivity index (χ4n) is 2.10. The standard InChI is InChI=1S/C12H15N3O6/c1-6(16)14-5-8(17)13-3-2-7-11(12(19)20)15-9(18)4-10(15)21-7/h2,10-11H,3-5H2,1H3,(H,13,17)(H,14,16)(H,19,20)/b7-2-/t10-,11+/m1/s1. The highest BCUT2D eigenvalue weighted by Crippen LogP contribution is 2.36. The molecule has 2 aliphatic rings. The van der Waals surface area contributed by atoms with E-state index < -0.39 is 24.1 Å². The molecule has 0 aromatic carbocycles. The topological polar surface area (TPSA) is 125 Å². The zero-order valence-electron chi connectivity index (χ0n) is 11.3. The molecule has 0 aliphatic carbocycles. The van der Waals surface area contributed by atoms with Gasteiger partial charge in [-0.15, -0.1) is 0 Å². The number of hydrogen-bond donors (Lipinski definition) is 3. The summed E-state index contributed by atoms with van der Waals surface area (Å²) in [5.41, 5.74) is 0. The molecule has 2 rings (SSSR count). The van der Waals surface area contributed by atoms with E-state index in [-0.39, 0.29) is 37.1 Å². The first-order valence-corrected chi connectivity index (χ1v) is 6.32. The molecule has 0 aromatic rings. The molecule has 0 radical (unpaired) electrons. The second-order valence-electron chi connectivity index (χ2n) is 4.64. The highest BCUT2D eigenvalue weighted by molar-refractivity contribution is 5.91. The fourth-order valence-corrected chi connectivity index (χ4v) is 2.10. The van der Waals surface area contributed by atoms with Crippen molar-refractivity contribution in [3.05, 3.63) is 11.8 Å². The molecule has 0 bridgehead atoms. The van der Waals surface area contributed by atoms with Crippen molar-refractivity contribution < 1.29 is 29.0 Å². The van der Waals surface area contributed by atoms with Crippen LogP contribution in [0.5, 0.6) is 0 Å². The maximum atomic E-state index is 11.4. The van der Waals surface area contributed by atoms with Gasteiger partial charge in [0.25, 0.3) is 0 Å². The SMILES string of the molecule is CC(=O)NCC(=O)NC/C=C1\O[C@@H]2CC(=O)N2[C@@H]1C(=O)O. The molecule has 0 unspecified atom stereocenters. The summed E-state index contributed by atoms with van der Waals surface area (Å²) in [6.07, 6.45) is 1.05. The van der Waals surface area contributed by atoms with Crippen LogP contribution in [0.3, 0.4) is 0 Å². The van der Waals surface area contributed by atoms with Crippen molar-refractivity contribution in [1.29, 1.82) is 0 Å². The van der Waals surface area contributed by atoms with E-state index in [1.807, 2.05) is 0 Å². The van der Waals surface area contributed by atoms with Crippen molar-refractivity contribution in [1.82, 2.24) is 15.5 Å². The molecule has 2 fully saturated rings. The molecule has 3 amide bonds. The number of carbonyl (C=O) groups excluding carboxylic acids is 3. The number of carbonyl (C=O) groups is 4. The highest BCUT2D eigenvalue weighted by Gasteiger charge is 2.53. The summed E-state index contributed by atoms with van der Waals surface area (Å²) in [5, 5.41) is 13.9. The molecular weight excluding hydrogens is 282 g/mol. The molecule has 2 saturated heterocycles. The molecule has 0 spiro atoms. The van der Waals surface area contributed by atoms with Crippen LogP contribution in [0.15, 0.2) is 11.8 Å². The van der Waals surface area contributed by atoms with Crippen molar-refractivity contribution in [2.24, 2.45) is 0 Å². The van der Waals surface area contributed by atoms with Crippen LogP contribution in [-0.4, -0.2) is 59.1 Å². The number of carboxylic acid groups (broad SMARTS) is 1. The Morgan fingerprint density at radius 2 is 2.14 bits per heavy atom. The van der Waals surface area contributed by atoms with Gasteiger partial charge in [-0.1, -0.05) is 0 Å². The Kier molecular flexibility index (Phi) is 4.10. The van der Waals surface area contributed by atoms with Gasteiger partial charge < -0.3 is 20.5 Å². The number of fused-ring (bicyclic) bond motifs is 1. The van der Waals surface area contributed by atoms with Gasteiger partial charge in [0.05, 0.1) is 13.0 Å². The van der Waals surface area contributed by atoms with E-state index in [9.17, 15) is 19.2 Å². The van der Waals surface area contributed by atoms with Crippen LogP contribution < -0.4 is 10.6 Å². The number of nitrogens with one attached hydrogen (secondary N) is 2. The van der Waals surface area contributed by atoms with Crippen LogP contribution in [0, 0.1) is 0 Å². The van der Waals surface area contributed by atoms with Gasteiger partial charge in [0.15, 0.2) is 12.3 Å². The summed E-state index contributed by atoms with van der Waals surface area (Å²) in [5.74, 6) is -2.05. The lowest BCUT2D eigenvalue weighted by Crippen LogP contribution is -2.54. The minimum atomic E-state index is -1.18. The Morgan fingerprint density at radius 1 is 1.43 bits per heavy atom. The summed E-state index contributed by atoms with van der Waals surface area (Å²) < 4.78 is 5.35. The number of carboxylic acids is 1. The molecule has 114 valence electrons. The molecule has 9 heteroatoms. The number of nitrogens with zero attached hydrogens (tertiary/aromatic N) is 1. The van der Waals surface area contributed by atoms with Crippen LogP contribution >= 0.6 is 0 Å². The van der Waals surface area contributed by atoms with E-state index in [0.717, 1.165) is 4.90 Å². The fraction of sp³-hybridized carbons (Fsp3) is 0.500. The zero-order valence-corrected chi connectivity index (χ0v) is 11.3. The van der Waals surface area contributed by atoms with Gasteiger partial charge in [0.1, 0.15) is 5.76 Å². The first kappa shape index (κ1) is 14.8. The molecule has 0 saturated carbocycles. The van der Waals surface area contributed by atoms with E-state index in [1.54, 1.807) is 0 Å². The van der Waals surface area contributed by atoms with Gasteiger partial charge in [0.2, 0.25) is 17.7 Å². The first-order chi connectivity index (χ1) is 9.90. The summed E-state index contributed by atoms with van der Waals surface area (Å²) in [7, 11) is 0. The molecule has 3 N–H and O–H groups in total. The summed E-state index contributed by atoms with van der Waals surface area (Å²) in [6.45, 7) is 1.18. The second kappa shape index (κ2) is 5.81. The monoisotopic (exact) mass is 297 g/mol. The van der Waals surface area contributed by atoms with E-state index >= 15 is 0 Å². The van der Waals surface area contributed by atoms with Gasteiger partial charge in [0, 0.05) is 13.5 Å². The van der Waals surface area contributed by atoms with Crippen molar-refractivity contribution >= 4 is 23.7 Å². The van der Waals surface area contributed by atoms with Crippen molar-refractivity contribution in [3.63, 3.8) is 0 Å². The number of aliphatic carboxylic acids is 1. The number of amides is 3. The van der Waals surface area contributed by atoms with Crippen molar-refractivity contribution in [2.75, 3.05) is 13.1 Å². The molecule has 9 nitrogen and oxygen atoms in total. The van der Waals surface area contributed by atoms with E-state index in [1.165, 1.54) is 13.0 Å². The molecule has 0 aromatic heterocycles. The Bertz CT molecular complexity index is 529. The van der Waals surface area contributed by atoms with Gasteiger partial charge >= 0.3 is 5.97 Å². The van der Waals surface area contributed by atoms with Gasteiger partial charge in [-0.2, -0.15) is 0 Å².